The Balaban J connectivity index is 1.78. The molecular formula is C25H35N3O5S. The number of hydrogen-bond donors (Lipinski definition) is 1. The number of likely N-dealkylation sites (tertiary alicyclic amines) is 1. The number of benzene rings is 2. The summed E-state index contributed by atoms with van der Waals surface area (Å²) < 4.78 is 37.2. The van der Waals surface area contributed by atoms with Gasteiger partial charge >= 0.3 is 0 Å². The lowest BCUT2D eigenvalue weighted by molar-refractivity contribution is -0.122. The standard InChI is InChI=1S/C25H35N3O5S/c1-19(28(34(4,30)31)23-16-22(32-2)12-13-24(23)33-3)25(29)26-17-20-10-6-7-11-21(20)18-27-14-8-5-9-15-27/h6-7,10-13,16,19H,5,8-9,14-15,17-18H2,1-4H3,(H,26,29). The second-order valence-corrected chi connectivity index (χ2v) is 10.5. The summed E-state index contributed by atoms with van der Waals surface area (Å²) in [4.78, 5) is 15.6. The van der Waals surface area contributed by atoms with Gasteiger partial charge in [0.1, 0.15) is 17.5 Å². The second-order valence-electron chi connectivity index (χ2n) is 8.60. The van der Waals surface area contributed by atoms with Crippen molar-refractivity contribution in [3.8, 4) is 11.5 Å². The first-order valence-corrected chi connectivity index (χ1v) is 13.4. The van der Waals surface area contributed by atoms with Crippen LogP contribution < -0.4 is 19.1 Å². The van der Waals surface area contributed by atoms with Crippen LogP contribution in [0.4, 0.5) is 5.69 Å². The first-order valence-electron chi connectivity index (χ1n) is 11.5. The fourth-order valence-electron chi connectivity index (χ4n) is 4.32. The Morgan fingerprint density at radius 2 is 1.74 bits per heavy atom. The minimum absolute atomic E-state index is 0.248. The van der Waals surface area contributed by atoms with Crippen molar-refractivity contribution in [3.63, 3.8) is 0 Å². The van der Waals surface area contributed by atoms with Gasteiger partial charge in [0, 0.05) is 19.2 Å². The van der Waals surface area contributed by atoms with E-state index in [-0.39, 0.29) is 5.69 Å². The van der Waals surface area contributed by atoms with Crippen molar-refractivity contribution in [2.24, 2.45) is 0 Å². The number of ether oxygens (including phenoxy) is 2. The lowest BCUT2D eigenvalue weighted by Gasteiger charge is -2.30. The maximum Gasteiger partial charge on any atom is 0.243 e. The molecule has 0 radical (unpaired) electrons. The number of piperidine rings is 1. The normalized spacial score (nSPS) is 15.4. The van der Waals surface area contributed by atoms with Crippen molar-refractivity contribution < 1.29 is 22.7 Å². The predicted octanol–water partition coefficient (Wildman–Crippen LogP) is 3.16. The number of carbonyl (C=O) groups is 1. The van der Waals surface area contributed by atoms with E-state index in [9.17, 15) is 13.2 Å². The monoisotopic (exact) mass is 489 g/mol. The average Bonchev–Trinajstić information content (AvgIpc) is 2.83. The molecule has 0 aliphatic carbocycles. The van der Waals surface area contributed by atoms with Crippen LogP contribution >= 0.6 is 0 Å². The lowest BCUT2D eigenvalue weighted by Crippen LogP contribution is -2.47. The van der Waals surface area contributed by atoms with E-state index in [2.05, 4.69) is 16.3 Å². The summed E-state index contributed by atoms with van der Waals surface area (Å²) in [5, 5.41) is 2.93. The maximum atomic E-state index is 13.1. The molecule has 2 aromatic carbocycles. The van der Waals surface area contributed by atoms with E-state index in [1.54, 1.807) is 25.1 Å². The third-order valence-electron chi connectivity index (χ3n) is 6.13. The van der Waals surface area contributed by atoms with Crippen molar-refractivity contribution in [1.82, 2.24) is 10.2 Å². The van der Waals surface area contributed by atoms with E-state index in [4.69, 9.17) is 9.47 Å². The van der Waals surface area contributed by atoms with Gasteiger partial charge in [-0.05, 0) is 56.1 Å². The number of nitrogens with zero attached hydrogens (tertiary/aromatic N) is 2. The van der Waals surface area contributed by atoms with Crippen molar-refractivity contribution in [2.75, 3.05) is 37.9 Å². The zero-order chi connectivity index (χ0) is 24.7. The molecule has 1 fully saturated rings. The van der Waals surface area contributed by atoms with E-state index in [1.165, 1.54) is 39.0 Å². The van der Waals surface area contributed by atoms with E-state index < -0.39 is 22.0 Å². The largest absolute Gasteiger partial charge is 0.497 e. The van der Waals surface area contributed by atoms with Gasteiger partial charge in [-0.3, -0.25) is 14.0 Å². The second kappa shape index (κ2) is 11.6. The Morgan fingerprint density at radius 1 is 1.06 bits per heavy atom. The molecule has 0 aromatic heterocycles. The van der Waals surface area contributed by atoms with E-state index in [1.807, 2.05) is 18.2 Å². The van der Waals surface area contributed by atoms with Crippen LogP contribution in [0.15, 0.2) is 42.5 Å². The van der Waals surface area contributed by atoms with Crippen LogP contribution in [0.2, 0.25) is 0 Å². The van der Waals surface area contributed by atoms with Gasteiger partial charge in [0.25, 0.3) is 0 Å². The van der Waals surface area contributed by atoms with Gasteiger partial charge in [-0.2, -0.15) is 0 Å². The van der Waals surface area contributed by atoms with E-state index >= 15 is 0 Å². The van der Waals surface area contributed by atoms with Crippen LogP contribution in [0.3, 0.4) is 0 Å². The molecule has 1 heterocycles. The Labute approximate surface area is 202 Å². The molecule has 1 N–H and O–H groups in total. The van der Waals surface area contributed by atoms with Crippen molar-refractivity contribution in [2.45, 2.75) is 45.3 Å². The zero-order valence-corrected chi connectivity index (χ0v) is 21.2. The first-order chi connectivity index (χ1) is 16.2. The topological polar surface area (TPSA) is 88.2 Å². The van der Waals surface area contributed by atoms with Crippen molar-refractivity contribution in [3.05, 3.63) is 53.6 Å². The fourth-order valence-corrected chi connectivity index (χ4v) is 5.49. The smallest absolute Gasteiger partial charge is 0.243 e. The molecule has 2 aromatic rings. The van der Waals surface area contributed by atoms with Gasteiger partial charge in [-0.15, -0.1) is 0 Å². The van der Waals surface area contributed by atoms with Gasteiger partial charge in [-0.1, -0.05) is 30.7 Å². The molecule has 1 aliphatic rings. The van der Waals surface area contributed by atoms with Gasteiger partial charge < -0.3 is 14.8 Å². The molecule has 1 amide bonds. The summed E-state index contributed by atoms with van der Waals surface area (Å²) >= 11 is 0. The molecule has 8 nitrogen and oxygen atoms in total. The molecule has 1 aliphatic heterocycles. The number of anilines is 1. The minimum atomic E-state index is -3.80. The van der Waals surface area contributed by atoms with Gasteiger partial charge in [0.2, 0.25) is 15.9 Å². The molecule has 1 atom stereocenters. The fraction of sp³-hybridized carbons (Fsp3) is 0.480. The van der Waals surface area contributed by atoms with Gasteiger partial charge in [0.05, 0.1) is 26.2 Å². The van der Waals surface area contributed by atoms with Crippen molar-refractivity contribution >= 4 is 21.6 Å². The summed E-state index contributed by atoms with van der Waals surface area (Å²) in [7, 11) is -0.852. The molecule has 1 saturated heterocycles. The quantitative estimate of drug-likeness (QED) is 0.552. The number of sulfonamides is 1. The predicted molar refractivity (Wildman–Crippen MR) is 134 cm³/mol. The zero-order valence-electron chi connectivity index (χ0n) is 20.4. The molecule has 0 bridgehead atoms. The summed E-state index contributed by atoms with van der Waals surface area (Å²) in [6, 6.07) is 11.9. The number of amides is 1. The molecule has 9 heteroatoms. The highest BCUT2D eigenvalue weighted by molar-refractivity contribution is 7.92. The third kappa shape index (κ3) is 6.42. The lowest BCUT2D eigenvalue weighted by atomic mass is 10.0. The van der Waals surface area contributed by atoms with Crippen LogP contribution in [-0.4, -0.2) is 58.8 Å². The highest BCUT2D eigenvalue weighted by atomic mass is 32.2. The van der Waals surface area contributed by atoms with Crippen LogP contribution in [0.5, 0.6) is 11.5 Å². The summed E-state index contributed by atoms with van der Waals surface area (Å²) in [6.07, 6.45) is 4.78. The summed E-state index contributed by atoms with van der Waals surface area (Å²) in [5.41, 5.74) is 2.45. The molecule has 0 saturated carbocycles. The van der Waals surface area contributed by atoms with Crippen LogP contribution in [-0.2, 0) is 27.9 Å². The Kier molecular flexibility index (Phi) is 8.79. The average molecular weight is 490 g/mol. The number of nitrogens with one attached hydrogen (secondary N) is 1. The number of carbonyl (C=O) groups excluding carboxylic acids is 1. The summed E-state index contributed by atoms with van der Waals surface area (Å²) in [5.74, 6) is 0.393. The Morgan fingerprint density at radius 3 is 2.35 bits per heavy atom. The number of methoxy groups -OCH3 is 2. The SMILES string of the molecule is COc1ccc(OC)c(N(C(C)C(=O)NCc2ccccc2CN2CCCCC2)S(C)(=O)=O)c1. The molecule has 0 spiro atoms. The van der Waals surface area contributed by atoms with Crippen LogP contribution in [0.1, 0.15) is 37.3 Å². The van der Waals surface area contributed by atoms with E-state index in [0.29, 0.717) is 18.0 Å². The Hall–Kier alpha value is -2.78. The van der Waals surface area contributed by atoms with Gasteiger partial charge in [-0.25, -0.2) is 8.42 Å². The summed E-state index contributed by atoms with van der Waals surface area (Å²) in [6.45, 7) is 4.90. The van der Waals surface area contributed by atoms with Crippen molar-refractivity contribution in [1.29, 1.82) is 0 Å². The molecule has 1 unspecified atom stereocenters. The Bertz CT molecular complexity index is 1080. The van der Waals surface area contributed by atoms with E-state index in [0.717, 1.165) is 35.8 Å². The third-order valence-corrected chi connectivity index (χ3v) is 7.35. The molecular weight excluding hydrogens is 454 g/mol. The van der Waals surface area contributed by atoms with Crippen LogP contribution in [0, 0.1) is 0 Å². The molecule has 3 rings (SSSR count). The maximum absolute atomic E-state index is 13.1. The molecule has 34 heavy (non-hydrogen) atoms. The first kappa shape index (κ1) is 25.8. The number of rotatable bonds is 10. The highest BCUT2D eigenvalue weighted by Crippen LogP contribution is 2.35. The number of hydrogen-bond acceptors (Lipinski definition) is 6. The minimum Gasteiger partial charge on any atom is -0.497 e. The van der Waals surface area contributed by atoms with Crippen LogP contribution in [0.25, 0.3) is 0 Å². The van der Waals surface area contributed by atoms with Gasteiger partial charge in [0.15, 0.2) is 0 Å². The molecule has 186 valence electrons. The highest BCUT2D eigenvalue weighted by Gasteiger charge is 2.31.